The van der Waals surface area contributed by atoms with E-state index in [0.717, 1.165) is 92.9 Å². The van der Waals surface area contributed by atoms with Gasteiger partial charge in [-0.2, -0.15) is 0 Å². The average molecular weight is 2090 g/mol. The van der Waals surface area contributed by atoms with E-state index in [0.29, 0.717) is 46.0 Å². The predicted molar refractivity (Wildman–Crippen MR) is 622 cm³/mol. The van der Waals surface area contributed by atoms with Gasteiger partial charge in [-0.1, -0.05) is 450 Å². The maximum Gasteiger partial charge on any atom is 0.193 e. The zero-order valence-corrected chi connectivity index (χ0v) is 99.9. The second-order valence-electron chi connectivity index (χ2n) is 28.2. The van der Waals surface area contributed by atoms with E-state index in [1.54, 1.807) is 0 Å². The van der Waals surface area contributed by atoms with Crippen molar-refractivity contribution >= 4 is 106 Å². The van der Waals surface area contributed by atoms with E-state index in [9.17, 15) is 72.1 Å². The van der Waals surface area contributed by atoms with Crippen LogP contribution in [0.2, 0.25) is 0 Å². The summed E-state index contributed by atoms with van der Waals surface area (Å²) >= 11 is 0. The Morgan fingerprint density at radius 3 is 0.439 bits per heavy atom. The van der Waals surface area contributed by atoms with Gasteiger partial charge in [0.25, 0.3) is 0 Å². The Kier molecular flexibility index (Phi) is 114. The van der Waals surface area contributed by atoms with Crippen LogP contribution in [0.5, 0.6) is 0 Å². The Hall–Kier alpha value is -8.01. The highest BCUT2D eigenvalue weighted by Crippen LogP contribution is 2.28. The molecule has 0 atom stereocenters. The van der Waals surface area contributed by atoms with Gasteiger partial charge in [0.1, 0.15) is 78.7 Å². The van der Waals surface area contributed by atoms with Crippen LogP contribution >= 0.6 is 0 Å². The molecule has 0 spiro atoms. The van der Waals surface area contributed by atoms with Crippen molar-refractivity contribution in [3.63, 3.8) is 0 Å². The van der Waals surface area contributed by atoms with Crippen molar-refractivity contribution in [2.75, 3.05) is 96.1 Å². The molecule has 2 aliphatic rings. The first-order valence-corrected chi connectivity index (χ1v) is 66.4. The summed E-state index contributed by atoms with van der Waals surface area (Å²) in [7, 11) is -21.4. The van der Waals surface area contributed by atoms with Crippen molar-refractivity contribution in [3.05, 3.63) is 299 Å². The fourth-order valence-electron chi connectivity index (χ4n) is 10.9. The van der Waals surface area contributed by atoms with Crippen LogP contribution in [0.1, 0.15) is 308 Å². The first-order valence-electron chi connectivity index (χ1n) is 49.9. The minimum absolute atomic E-state index is 0.160. The molecule has 12 rings (SSSR count). The normalized spacial score (nSPS) is 10.2. The topological polar surface area (TPSA) is 290 Å². The highest BCUT2D eigenvalue weighted by molar-refractivity contribution is 7.92. The van der Waals surface area contributed by atoms with Gasteiger partial charge in [0, 0.05) is 107 Å². The van der Waals surface area contributed by atoms with Crippen molar-refractivity contribution in [3.8, 4) is 11.1 Å². The third kappa shape index (κ3) is 103. The Bertz CT molecular complexity index is 4730. The summed E-state index contributed by atoms with van der Waals surface area (Å²) in [6.45, 7) is 58.8. The van der Waals surface area contributed by atoms with Gasteiger partial charge in [0.05, 0.1) is 0 Å². The molecule has 0 saturated carbocycles. The Labute approximate surface area is 856 Å². The lowest BCUT2D eigenvalue weighted by Gasteiger charge is -2.18. The molecule has 0 fully saturated rings. The Morgan fingerprint density at radius 1 is 0.173 bits per heavy atom. The highest BCUT2D eigenvalue weighted by Gasteiger charge is 2.22. The fraction of sp³-hybridized carbons (Fsp3) is 0.500. The van der Waals surface area contributed by atoms with Crippen molar-refractivity contribution in [1.29, 1.82) is 0 Å². The quantitative estimate of drug-likeness (QED) is 0.0765. The minimum Gasteiger partial charge on any atom is -0.289 e. The molecule has 0 aromatic heterocycles. The predicted octanol–water partition coefficient (Wildman–Crippen LogP) is 29.9. The molecule has 0 heterocycles. The van der Waals surface area contributed by atoms with E-state index < -0.39 is 78.7 Å². The summed E-state index contributed by atoms with van der Waals surface area (Å²) in [6.07, 6.45) is 18.8. The van der Waals surface area contributed by atoms with Crippen LogP contribution in [0, 0.1) is 0 Å². The summed E-state index contributed by atoms with van der Waals surface area (Å²) in [5.41, 5.74) is 12.5. The average Bonchev–Trinajstić information content (AvgIpc) is 0.759. The van der Waals surface area contributed by atoms with Gasteiger partial charge in [-0.05, 0) is 149 Å². The van der Waals surface area contributed by atoms with Crippen molar-refractivity contribution in [2.24, 2.45) is 0 Å². The lowest BCUT2D eigenvalue weighted by molar-refractivity contribution is 0.103. The molecule has 800 valence electrons. The van der Waals surface area contributed by atoms with Gasteiger partial charge < -0.3 is 0 Å². The van der Waals surface area contributed by atoms with Crippen LogP contribution in [0.25, 0.3) is 32.7 Å². The fourth-order valence-corrected chi connectivity index (χ4v) is 16.8. The second kappa shape index (κ2) is 101. The lowest BCUT2D eigenvalue weighted by Crippen LogP contribution is -2.14. The molecule has 10 aromatic carbocycles. The molecule has 17 nitrogen and oxygen atoms in total. The first kappa shape index (κ1) is 156. The van der Waals surface area contributed by atoms with Crippen LogP contribution in [0.15, 0.2) is 255 Å². The number of carbonyl (C=O) groups excluding carboxylic acids is 1. The van der Waals surface area contributed by atoms with Crippen LogP contribution in [-0.4, -0.2) is 169 Å². The molecule has 0 amide bonds. The molecule has 0 N–H and O–H groups in total. The van der Waals surface area contributed by atoms with Crippen LogP contribution < -0.4 is 0 Å². The summed E-state index contributed by atoms with van der Waals surface area (Å²) in [6, 6.07) is 87.4. The van der Waals surface area contributed by atoms with Gasteiger partial charge in [-0.15, -0.1) is 0 Å². The van der Waals surface area contributed by atoms with Crippen molar-refractivity contribution in [1.82, 2.24) is 0 Å². The molecular weight excluding hydrogens is 1900 g/mol. The zero-order chi connectivity index (χ0) is 111. The van der Waals surface area contributed by atoms with Gasteiger partial charge >= 0.3 is 0 Å². The van der Waals surface area contributed by atoms with Gasteiger partial charge in [0.2, 0.25) is 0 Å². The van der Waals surface area contributed by atoms with Crippen molar-refractivity contribution < 1.29 is 72.1 Å². The molecule has 0 bridgehead atoms. The monoisotopic (exact) mass is 2090 g/mol. The number of hydrogen-bond acceptors (Lipinski definition) is 17. The maximum absolute atomic E-state index is 12.1. The van der Waals surface area contributed by atoms with Crippen LogP contribution in [0.3, 0.4) is 0 Å². The molecule has 2 aliphatic carbocycles. The number of hydrogen-bond donors (Lipinski definition) is 0. The number of rotatable bonds is 17. The maximum atomic E-state index is 12.1. The van der Waals surface area contributed by atoms with E-state index >= 15 is 0 Å². The molecule has 0 radical (unpaired) electrons. The standard InChI is InChI=1S/C14H10O.C14H12.C14H10.C12H10.C6H6.8C4H10O2S.11C2H6/c15-14-12-7-3-1-5-10(12)9-11-6-2-4-8-13(11)14;2*1-2-6-12-10-14-8-4-3-7-13(14)9-11(12)5-1;1-3-7-11(8-4-1)12-9-5-2-6-10-12;1-2-4-6-5-3-1;8*1-3-4-7(2,5)6;11*1-2/h1-8H,9H2;1-8H,9-10H2;1-10H;1-10H;1-6H;8*3-4H2,1-2H3;11*1-2H3. The largest absolute Gasteiger partial charge is 0.289 e. The smallest absolute Gasteiger partial charge is 0.193 e. The van der Waals surface area contributed by atoms with Gasteiger partial charge in [-0.3, -0.25) is 4.79 Å². The Balaban J connectivity index is -0.000000125. The second-order valence-corrected chi connectivity index (χ2v) is 46.3. The van der Waals surface area contributed by atoms with E-state index in [4.69, 9.17) is 0 Å². The highest BCUT2D eigenvalue weighted by atomic mass is 32.2. The lowest BCUT2D eigenvalue weighted by atomic mass is 9.85. The van der Waals surface area contributed by atoms with E-state index in [-0.39, 0.29) is 5.78 Å². The third-order valence-electron chi connectivity index (χ3n) is 15.7. The number of benzene rings is 10. The number of fused-ring (bicyclic) bond motifs is 6. The molecule has 139 heavy (non-hydrogen) atoms. The Morgan fingerprint density at radius 2 is 0.295 bits per heavy atom. The van der Waals surface area contributed by atoms with E-state index in [2.05, 4.69) is 158 Å². The molecule has 10 aromatic rings. The molecule has 0 aliphatic heterocycles. The number of sulfone groups is 8. The third-order valence-corrected chi connectivity index (χ3v) is 24.9. The molecular formula is C114H194O17S8. The summed E-state index contributed by atoms with van der Waals surface area (Å²) < 4.78 is 164. The molecule has 0 saturated heterocycles. The number of ketones is 1. The zero-order valence-electron chi connectivity index (χ0n) is 93.4. The molecule has 25 heteroatoms. The van der Waals surface area contributed by atoms with E-state index in [1.807, 2.05) is 305 Å². The molecule has 0 unspecified atom stereocenters. The minimum atomic E-state index is -2.67. The van der Waals surface area contributed by atoms with Crippen LogP contribution in [0.4, 0.5) is 0 Å². The van der Waals surface area contributed by atoms with Gasteiger partial charge in [0.15, 0.2) is 5.78 Å². The first-order chi connectivity index (χ1) is 65.7. The SMILES string of the molecule is CC.CC.CC.CC.CC.CC.CC.CC.CC.CC.CC.CCCS(C)(=O)=O.CCCS(C)(=O)=O.CCCS(C)(=O)=O.CCCS(C)(=O)=O.CCCS(C)(=O)=O.CCCS(C)(=O)=O.CCCS(C)(=O)=O.CCCS(C)(=O)=O.O=C1c2ccccc2Cc2ccccc21.c1ccc(-c2ccccc2)cc1.c1ccc2c(c1)Cc1ccccc1C2.c1ccc2cc3ccccc3cc2c1.c1ccccc1. The van der Waals surface area contributed by atoms with Gasteiger partial charge in [-0.25, -0.2) is 67.3 Å². The summed E-state index contributed by atoms with van der Waals surface area (Å²) in [5.74, 6) is 2.66. The number of carbonyl (C=O) groups is 1. The summed E-state index contributed by atoms with van der Waals surface area (Å²) in [4.78, 5) is 12.1. The van der Waals surface area contributed by atoms with Crippen LogP contribution in [-0.2, 0) is 98.0 Å². The van der Waals surface area contributed by atoms with E-state index in [1.165, 1.54) is 105 Å². The van der Waals surface area contributed by atoms with Crippen molar-refractivity contribution in [2.45, 2.75) is 278 Å². The summed E-state index contributed by atoms with van der Waals surface area (Å²) in [5, 5.41) is 5.25.